The van der Waals surface area contributed by atoms with E-state index in [2.05, 4.69) is 93.5 Å². The molecule has 0 spiro atoms. The van der Waals surface area contributed by atoms with Gasteiger partial charge >= 0.3 is 0 Å². The van der Waals surface area contributed by atoms with Crippen LogP contribution in [-0.4, -0.2) is 23.3 Å². The fourth-order valence-electron chi connectivity index (χ4n) is 6.12. The highest BCUT2D eigenvalue weighted by molar-refractivity contribution is 7.28. The van der Waals surface area contributed by atoms with Crippen LogP contribution in [0.4, 0.5) is 0 Å². The smallest absolute Gasteiger partial charge is 0.263 e. The molecule has 0 bridgehead atoms. The molecular formula is C37H47NO2S4. The Balaban J connectivity index is 1.54. The molecule has 1 aliphatic rings. The topological polar surface area (TPSA) is 37.4 Å². The van der Waals surface area contributed by atoms with Crippen molar-refractivity contribution in [1.29, 1.82) is 0 Å². The summed E-state index contributed by atoms with van der Waals surface area (Å²) in [5.74, 6) is 0.160. The Morgan fingerprint density at radius 2 is 1.34 bits per heavy atom. The van der Waals surface area contributed by atoms with Crippen LogP contribution in [0.3, 0.4) is 0 Å². The van der Waals surface area contributed by atoms with Crippen molar-refractivity contribution >= 4 is 57.2 Å². The predicted molar refractivity (Wildman–Crippen MR) is 194 cm³/mol. The average molecular weight is 666 g/mol. The molecule has 1 aliphatic heterocycles. The SMILES string of the molecule is CCCCC(CC)CN1C(=O)c2c(-c3sc(-c4ccc(-c5cc(C)c(C(C)(C)C)s5)s4)cc3C)sc(C(C)(C)CC)c2C1=O. The maximum atomic E-state index is 14.1. The molecule has 0 radical (unpaired) electrons. The van der Waals surface area contributed by atoms with Crippen LogP contribution < -0.4 is 0 Å². The first-order valence-electron chi connectivity index (χ1n) is 16.1. The zero-order valence-corrected chi connectivity index (χ0v) is 31.3. The highest BCUT2D eigenvalue weighted by atomic mass is 32.1. The summed E-state index contributed by atoms with van der Waals surface area (Å²) in [5, 5.41) is 0. The fourth-order valence-corrected chi connectivity index (χ4v) is 11.3. The van der Waals surface area contributed by atoms with Crippen molar-refractivity contribution in [3.63, 3.8) is 0 Å². The number of aryl methyl sites for hydroxylation is 2. The fraction of sp³-hybridized carbons (Fsp3) is 0.514. The first kappa shape index (κ1) is 33.3. The molecule has 3 nitrogen and oxygen atoms in total. The number of thiophene rings is 4. The Kier molecular flexibility index (Phi) is 9.55. The zero-order valence-electron chi connectivity index (χ0n) is 28.0. The maximum Gasteiger partial charge on any atom is 0.263 e. The monoisotopic (exact) mass is 665 g/mol. The molecule has 7 heteroatoms. The van der Waals surface area contributed by atoms with Crippen molar-refractivity contribution in [2.24, 2.45) is 5.92 Å². The summed E-state index contributed by atoms with van der Waals surface area (Å²) in [6, 6.07) is 9.09. The van der Waals surface area contributed by atoms with Gasteiger partial charge in [0.25, 0.3) is 11.8 Å². The molecule has 0 aromatic carbocycles. The summed E-state index contributed by atoms with van der Waals surface area (Å²) >= 11 is 7.18. The number of fused-ring (bicyclic) bond motifs is 1. The Bertz CT molecular complexity index is 1690. The second-order valence-electron chi connectivity index (χ2n) is 14.0. The largest absolute Gasteiger partial charge is 0.274 e. The minimum atomic E-state index is -0.188. The second kappa shape index (κ2) is 12.6. The van der Waals surface area contributed by atoms with E-state index in [-0.39, 0.29) is 22.6 Å². The first-order chi connectivity index (χ1) is 20.7. The minimum absolute atomic E-state index is 0.0860. The molecule has 0 N–H and O–H groups in total. The molecule has 44 heavy (non-hydrogen) atoms. The van der Waals surface area contributed by atoms with E-state index in [9.17, 15) is 9.59 Å². The molecule has 1 atom stereocenters. The Labute approximate surface area is 280 Å². The molecule has 0 saturated heterocycles. The third-order valence-corrected chi connectivity index (χ3v) is 15.2. The molecule has 0 fully saturated rings. The number of amides is 2. The summed E-state index contributed by atoms with van der Waals surface area (Å²) < 4.78 is 0. The molecule has 5 rings (SSSR count). The van der Waals surface area contributed by atoms with Crippen molar-refractivity contribution in [1.82, 2.24) is 4.90 Å². The Hall–Kier alpha value is -2.06. The molecule has 5 heterocycles. The molecule has 1 unspecified atom stereocenters. The van der Waals surface area contributed by atoms with Crippen LogP contribution in [0.25, 0.3) is 29.3 Å². The van der Waals surface area contributed by atoms with Gasteiger partial charge in [-0.2, -0.15) is 0 Å². The lowest BCUT2D eigenvalue weighted by molar-refractivity contribution is 0.0623. The van der Waals surface area contributed by atoms with Crippen LogP contribution in [-0.2, 0) is 10.8 Å². The van der Waals surface area contributed by atoms with Gasteiger partial charge in [-0.1, -0.05) is 74.7 Å². The first-order valence-corrected chi connectivity index (χ1v) is 19.3. The van der Waals surface area contributed by atoms with E-state index in [0.717, 1.165) is 46.7 Å². The van der Waals surface area contributed by atoms with Crippen LogP contribution in [0, 0.1) is 19.8 Å². The van der Waals surface area contributed by atoms with Crippen molar-refractivity contribution < 1.29 is 9.59 Å². The van der Waals surface area contributed by atoms with Crippen LogP contribution in [0.2, 0.25) is 0 Å². The standard InChI is InChI=1S/C37H47NO2S4/c1-11-14-15-23(12-2)20-38-34(39)28-29(35(38)40)33(37(9,10)13-3)44-31(28)30-21(4)18-26(42-30)24-16-17-25(41-24)27-19-22(5)32(43-27)36(6,7)8/h16-19,23H,11-15,20H2,1-10H3. The van der Waals surface area contributed by atoms with Gasteiger partial charge in [0.05, 0.1) is 16.0 Å². The van der Waals surface area contributed by atoms with Crippen molar-refractivity contribution in [2.75, 3.05) is 6.54 Å². The van der Waals surface area contributed by atoms with E-state index in [1.807, 2.05) is 22.7 Å². The molecule has 236 valence electrons. The third-order valence-electron chi connectivity index (χ3n) is 9.12. The van der Waals surface area contributed by atoms with Crippen molar-refractivity contribution in [2.45, 2.75) is 112 Å². The van der Waals surface area contributed by atoms with Gasteiger partial charge in [0.15, 0.2) is 0 Å². The van der Waals surface area contributed by atoms with Gasteiger partial charge < -0.3 is 0 Å². The van der Waals surface area contributed by atoms with Gasteiger partial charge in [-0.3, -0.25) is 14.5 Å². The van der Waals surface area contributed by atoms with Crippen LogP contribution in [0.1, 0.15) is 129 Å². The summed E-state index contributed by atoms with van der Waals surface area (Å²) in [7, 11) is 0. The lowest BCUT2D eigenvalue weighted by atomic mass is 9.85. The third kappa shape index (κ3) is 6.06. The quantitative estimate of drug-likeness (QED) is 0.150. The van der Waals surface area contributed by atoms with Gasteiger partial charge in [-0.05, 0) is 78.8 Å². The van der Waals surface area contributed by atoms with Gasteiger partial charge in [0.1, 0.15) is 0 Å². The Morgan fingerprint density at radius 3 is 1.91 bits per heavy atom. The number of nitrogens with zero attached hydrogens (tertiary/aromatic N) is 1. The number of unbranched alkanes of at least 4 members (excludes halogenated alkanes) is 1. The molecule has 4 aromatic heterocycles. The van der Waals surface area contributed by atoms with Crippen molar-refractivity contribution in [3.05, 3.63) is 56.3 Å². The van der Waals surface area contributed by atoms with Gasteiger partial charge in [-0.25, -0.2) is 0 Å². The maximum absolute atomic E-state index is 14.1. The molecule has 0 saturated carbocycles. The number of imide groups is 1. The van der Waals surface area contributed by atoms with Crippen LogP contribution >= 0.6 is 45.3 Å². The molecule has 4 aromatic rings. The van der Waals surface area contributed by atoms with E-state index in [0.29, 0.717) is 23.6 Å². The van der Waals surface area contributed by atoms with E-state index in [4.69, 9.17) is 0 Å². The summed E-state index contributed by atoms with van der Waals surface area (Å²) in [6.45, 7) is 22.7. The lowest BCUT2D eigenvalue weighted by Gasteiger charge is -2.24. The number of hydrogen-bond acceptors (Lipinski definition) is 6. The minimum Gasteiger partial charge on any atom is -0.274 e. The van der Waals surface area contributed by atoms with Crippen molar-refractivity contribution in [3.8, 4) is 29.3 Å². The van der Waals surface area contributed by atoms with E-state index < -0.39 is 0 Å². The van der Waals surface area contributed by atoms with Gasteiger partial charge in [0.2, 0.25) is 0 Å². The summed E-state index contributed by atoms with van der Waals surface area (Å²) in [6.07, 6.45) is 5.18. The second-order valence-corrected chi connectivity index (χ2v) is 18.3. The Morgan fingerprint density at radius 1 is 0.727 bits per heavy atom. The number of carbonyl (C=O) groups is 2. The summed E-state index contributed by atoms with van der Waals surface area (Å²) in [4.78, 5) is 39.4. The van der Waals surface area contributed by atoms with E-state index in [1.165, 1.54) is 35.5 Å². The van der Waals surface area contributed by atoms with Crippen LogP contribution in [0.15, 0.2) is 24.3 Å². The van der Waals surface area contributed by atoms with E-state index in [1.54, 1.807) is 27.6 Å². The highest BCUT2D eigenvalue weighted by Gasteiger charge is 2.45. The highest BCUT2D eigenvalue weighted by Crippen LogP contribution is 2.52. The number of hydrogen-bond donors (Lipinski definition) is 0. The molecule has 2 amide bonds. The average Bonchev–Trinajstić information content (AvgIpc) is 3.78. The van der Waals surface area contributed by atoms with Gasteiger partial charge in [0, 0.05) is 40.7 Å². The van der Waals surface area contributed by atoms with E-state index >= 15 is 0 Å². The molecule has 0 aliphatic carbocycles. The number of carbonyl (C=O) groups excluding carboxylic acids is 2. The lowest BCUT2D eigenvalue weighted by Crippen LogP contribution is -2.35. The number of rotatable bonds is 11. The zero-order chi connectivity index (χ0) is 32.1. The predicted octanol–water partition coefficient (Wildman–Crippen LogP) is 12.3. The molecular weight excluding hydrogens is 619 g/mol. The van der Waals surface area contributed by atoms with Crippen LogP contribution in [0.5, 0.6) is 0 Å². The van der Waals surface area contributed by atoms with Gasteiger partial charge in [-0.15, -0.1) is 45.3 Å². The summed E-state index contributed by atoms with van der Waals surface area (Å²) in [5.41, 5.74) is 3.80. The normalized spacial score (nSPS) is 14.6.